The van der Waals surface area contributed by atoms with Crippen LogP contribution in [0.1, 0.15) is 26.3 Å². The first-order valence-corrected chi connectivity index (χ1v) is 8.73. The molecular weight excluding hydrogens is 326 g/mol. The molecule has 0 spiro atoms. The molecule has 0 unspecified atom stereocenters. The van der Waals surface area contributed by atoms with Gasteiger partial charge in [-0.3, -0.25) is 9.59 Å². The van der Waals surface area contributed by atoms with Crippen LogP contribution in [0, 0.1) is 0 Å². The predicted octanol–water partition coefficient (Wildman–Crippen LogP) is 4.14. The minimum Gasteiger partial charge on any atom is -0.372 e. The summed E-state index contributed by atoms with van der Waals surface area (Å²) >= 11 is 0. The summed E-state index contributed by atoms with van der Waals surface area (Å²) in [6, 6.07) is 15.1. The van der Waals surface area contributed by atoms with Crippen LogP contribution >= 0.6 is 0 Å². The summed E-state index contributed by atoms with van der Waals surface area (Å²) in [6.45, 7) is 7.60. The van der Waals surface area contributed by atoms with E-state index < -0.39 is 0 Å². The summed E-state index contributed by atoms with van der Waals surface area (Å²) in [5.74, 6) is -0.300. The normalized spacial score (nSPS) is 10.6. The van der Waals surface area contributed by atoms with Crippen LogP contribution in [-0.4, -0.2) is 24.9 Å². The fourth-order valence-corrected chi connectivity index (χ4v) is 2.58. The van der Waals surface area contributed by atoms with E-state index in [0.717, 1.165) is 35.7 Å². The highest BCUT2D eigenvalue weighted by molar-refractivity contribution is 6.02. The highest BCUT2D eigenvalue weighted by Gasteiger charge is 2.03. The first-order valence-electron chi connectivity index (χ1n) is 8.73. The molecule has 0 atom stereocenters. The SMILES string of the molecule is CCN(CC)c1ccc(NC(=O)/C=C/c2ccc(NC(C)=O)cc2)cc1. The molecule has 26 heavy (non-hydrogen) atoms. The smallest absolute Gasteiger partial charge is 0.248 e. The van der Waals surface area contributed by atoms with Gasteiger partial charge in [-0.15, -0.1) is 0 Å². The van der Waals surface area contributed by atoms with Crippen molar-refractivity contribution >= 4 is 35.0 Å². The molecule has 0 aliphatic heterocycles. The molecule has 0 heterocycles. The average Bonchev–Trinajstić information content (AvgIpc) is 2.63. The van der Waals surface area contributed by atoms with E-state index in [1.165, 1.54) is 13.0 Å². The molecule has 136 valence electrons. The van der Waals surface area contributed by atoms with Crippen molar-refractivity contribution < 1.29 is 9.59 Å². The number of rotatable bonds is 7. The molecule has 2 aromatic rings. The summed E-state index contributed by atoms with van der Waals surface area (Å²) in [6.07, 6.45) is 3.23. The standard InChI is InChI=1S/C21H25N3O2/c1-4-24(5-2)20-13-11-19(12-14-20)23-21(26)15-8-17-6-9-18(10-7-17)22-16(3)25/h6-15H,4-5H2,1-3H3,(H,22,25)(H,23,26)/b15-8+. The van der Waals surface area contributed by atoms with Gasteiger partial charge in [-0.25, -0.2) is 0 Å². The molecule has 0 saturated heterocycles. The Labute approximate surface area is 154 Å². The molecule has 0 fully saturated rings. The lowest BCUT2D eigenvalue weighted by Gasteiger charge is -2.21. The zero-order valence-corrected chi connectivity index (χ0v) is 15.5. The molecule has 5 nitrogen and oxygen atoms in total. The molecule has 2 rings (SSSR count). The van der Waals surface area contributed by atoms with Crippen LogP contribution < -0.4 is 15.5 Å². The third kappa shape index (κ3) is 5.77. The van der Waals surface area contributed by atoms with Gasteiger partial charge < -0.3 is 15.5 Å². The van der Waals surface area contributed by atoms with Gasteiger partial charge in [0.15, 0.2) is 0 Å². The Bertz CT molecular complexity index is 761. The Morgan fingerprint density at radius 1 is 0.885 bits per heavy atom. The second kappa shape index (κ2) is 9.42. The average molecular weight is 351 g/mol. The summed E-state index contributed by atoms with van der Waals surface area (Å²) in [4.78, 5) is 25.3. The zero-order chi connectivity index (χ0) is 18.9. The summed E-state index contributed by atoms with van der Waals surface area (Å²) in [5, 5.41) is 5.56. The molecule has 2 amide bonds. The van der Waals surface area contributed by atoms with Crippen molar-refractivity contribution in [2.24, 2.45) is 0 Å². The van der Waals surface area contributed by atoms with Gasteiger partial charge in [0.1, 0.15) is 0 Å². The second-order valence-electron chi connectivity index (χ2n) is 5.84. The number of amides is 2. The van der Waals surface area contributed by atoms with Gasteiger partial charge in [0.05, 0.1) is 0 Å². The largest absolute Gasteiger partial charge is 0.372 e. The molecule has 0 radical (unpaired) electrons. The first-order chi connectivity index (χ1) is 12.5. The molecule has 5 heteroatoms. The van der Waals surface area contributed by atoms with Gasteiger partial charge in [-0.1, -0.05) is 12.1 Å². The Balaban J connectivity index is 1.93. The molecule has 0 aromatic heterocycles. The van der Waals surface area contributed by atoms with E-state index in [-0.39, 0.29) is 11.8 Å². The van der Waals surface area contributed by atoms with E-state index >= 15 is 0 Å². The third-order valence-corrected chi connectivity index (χ3v) is 3.92. The maximum Gasteiger partial charge on any atom is 0.248 e. The van der Waals surface area contributed by atoms with Crippen molar-refractivity contribution in [1.82, 2.24) is 0 Å². The van der Waals surface area contributed by atoms with E-state index in [1.807, 2.05) is 36.4 Å². The third-order valence-electron chi connectivity index (χ3n) is 3.92. The van der Waals surface area contributed by atoms with Crippen LogP contribution in [0.2, 0.25) is 0 Å². The predicted molar refractivity (Wildman–Crippen MR) is 108 cm³/mol. The number of nitrogens with zero attached hydrogens (tertiary/aromatic N) is 1. The fraction of sp³-hybridized carbons (Fsp3) is 0.238. The van der Waals surface area contributed by atoms with E-state index in [1.54, 1.807) is 18.2 Å². The maximum absolute atomic E-state index is 12.1. The van der Waals surface area contributed by atoms with Crippen molar-refractivity contribution in [3.63, 3.8) is 0 Å². The lowest BCUT2D eigenvalue weighted by molar-refractivity contribution is -0.114. The maximum atomic E-state index is 12.1. The molecule has 0 bridgehead atoms. The van der Waals surface area contributed by atoms with E-state index in [2.05, 4.69) is 29.4 Å². The highest BCUT2D eigenvalue weighted by Crippen LogP contribution is 2.18. The quantitative estimate of drug-likeness (QED) is 0.737. The molecule has 0 aliphatic rings. The lowest BCUT2D eigenvalue weighted by atomic mass is 10.2. The van der Waals surface area contributed by atoms with Crippen LogP contribution in [-0.2, 0) is 9.59 Å². The van der Waals surface area contributed by atoms with Crippen LogP contribution in [0.4, 0.5) is 17.1 Å². The highest BCUT2D eigenvalue weighted by atomic mass is 16.2. The van der Waals surface area contributed by atoms with Crippen LogP contribution in [0.3, 0.4) is 0 Å². The van der Waals surface area contributed by atoms with Crippen molar-refractivity contribution in [3.05, 3.63) is 60.2 Å². The van der Waals surface area contributed by atoms with Crippen molar-refractivity contribution in [3.8, 4) is 0 Å². The van der Waals surface area contributed by atoms with Crippen molar-refractivity contribution in [2.45, 2.75) is 20.8 Å². The molecule has 0 aliphatic carbocycles. The molecular formula is C21H25N3O2. The Morgan fingerprint density at radius 3 is 1.96 bits per heavy atom. The van der Waals surface area contributed by atoms with Crippen LogP contribution in [0.15, 0.2) is 54.6 Å². The number of nitrogens with one attached hydrogen (secondary N) is 2. The Kier molecular flexibility index (Phi) is 6.97. The van der Waals surface area contributed by atoms with Crippen molar-refractivity contribution in [1.29, 1.82) is 0 Å². The Morgan fingerprint density at radius 2 is 1.42 bits per heavy atom. The number of carbonyl (C=O) groups excluding carboxylic acids is 2. The molecule has 2 aromatic carbocycles. The fourth-order valence-electron chi connectivity index (χ4n) is 2.58. The van der Waals surface area contributed by atoms with Gasteiger partial charge in [0, 0.05) is 43.2 Å². The van der Waals surface area contributed by atoms with Gasteiger partial charge in [-0.2, -0.15) is 0 Å². The summed E-state index contributed by atoms with van der Waals surface area (Å²) in [5.41, 5.74) is 3.51. The Hall–Kier alpha value is -3.08. The summed E-state index contributed by atoms with van der Waals surface area (Å²) < 4.78 is 0. The second-order valence-corrected chi connectivity index (χ2v) is 5.84. The number of hydrogen-bond donors (Lipinski definition) is 2. The van der Waals surface area contributed by atoms with Gasteiger partial charge >= 0.3 is 0 Å². The summed E-state index contributed by atoms with van der Waals surface area (Å²) in [7, 11) is 0. The topological polar surface area (TPSA) is 61.4 Å². The van der Waals surface area contributed by atoms with E-state index in [4.69, 9.17) is 0 Å². The zero-order valence-electron chi connectivity index (χ0n) is 15.5. The van der Waals surface area contributed by atoms with Gasteiger partial charge in [-0.05, 0) is 61.9 Å². The van der Waals surface area contributed by atoms with Gasteiger partial charge in [0.2, 0.25) is 11.8 Å². The number of benzene rings is 2. The van der Waals surface area contributed by atoms with Gasteiger partial charge in [0.25, 0.3) is 0 Å². The number of hydrogen-bond acceptors (Lipinski definition) is 3. The number of anilines is 3. The number of carbonyl (C=O) groups is 2. The minimum atomic E-state index is -0.188. The molecule has 2 N–H and O–H groups in total. The van der Waals surface area contributed by atoms with Crippen LogP contribution in [0.25, 0.3) is 6.08 Å². The van der Waals surface area contributed by atoms with E-state index in [9.17, 15) is 9.59 Å². The van der Waals surface area contributed by atoms with Crippen molar-refractivity contribution in [2.75, 3.05) is 28.6 Å². The van der Waals surface area contributed by atoms with E-state index in [0.29, 0.717) is 0 Å². The first kappa shape index (κ1) is 19.2. The molecule has 0 saturated carbocycles. The monoisotopic (exact) mass is 351 g/mol. The van der Waals surface area contributed by atoms with Crippen LogP contribution in [0.5, 0.6) is 0 Å². The lowest BCUT2D eigenvalue weighted by Crippen LogP contribution is -2.21. The minimum absolute atomic E-state index is 0.111.